The summed E-state index contributed by atoms with van der Waals surface area (Å²) < 4.78 is 78.2. The maximum Gasteiger partial charge on any atom is 0.490 e. The third-order valence-electron chi connectivity index (χ3n) is 6.99. The zero-order valence-corrected chi connectivity index (χ0v) is 25.0. The van der Waals surface area contributed by atoms with Crippen molar-refractivity contribution < 1.29 is 45.4 Å². The number of carbonyl (C=O) groups excluding carboxylic acids is 1. The third kappa shape index (κ3) is 9.45. The molecule has 2 N–H and O–H groups in total. The number of nitrogens with one attached hydrogen (secondary N) is 1. The van der Waals surface area contributed by atoms with Gasteiger partial charge in [0.05, 0.1) is 17.4 Å². The number of alkyl halides is 3. The Bertz CT molecular complexity index is 1390. The van der Waals surface area contributed by atoms with E-state index in [1.807, 2.05) is 16.9 Å². The van der Waals surface area contributed by atoms with Gasteiger partial charge in [-0.15, -0.1) is 0 Å². The Labute approximate surface area is 251 Å². The number of hydrogen-bond donors (Lipinski definition) is 2. The summed E-state index contributed by atoms with van der Waals surface area (Å²) >= 11 is 12.3. The van der Waals surface area contributed by atoms with Gasteiger partial charge in [-0.05, 0) is 93.9 Å². The molecule has 232 valence electrons. The second kappa shape index (κ2) is 13.8. The standard InChI is InChI=1S/C25H29Cl2FN2O4S.C2HF3O2/c1-15-9-22(25(31)29-35(32,33)21-3-4-21)23(28)13-24(15)34-14-17-5-7-30(8-6-17)16(2)18-10-19(26)12-20(27)11-18;3-2(4,5)1(6)7/h9-13,16-17,21H,3-8,14H2,1-2H3,(H,29,31);(H,6,7)/t16-;/m0./s1. The number of carbonyl (C=O) groups is 2. The third-order valence-corrected chi connectivity index (χ3v) is 9.24. The second-order valence-corrected chi connectivity index (χ2v) is 13.1. The van der Waals surface area contributed by atoms with Crippen molar-refractivity contribution in [3.8, 4) is 5.75 Å². The number of benzene rings is 2. The molecule has 1 saturated carbocycles. The van der Waals surface area contributed by atoms with Gasteiger partial charge in [0.25, 0.3) is 5.91 Å². The van der Waals surface area contributed by atoms with Gasteiger partial charge in [0.1, 0.15) is 11.6 Å². The summed E-state index contributed by atoms with van der Waals surface area (Å²) in [4.78, 5) is 23.6. The van der Waals surface area contributed by atoms with Crippen molar-refractivity contribution in [3.05, 3.63) is 62.9 Å². The number of carboxylic acids is 1. The summed E-state index contributed by atoms with van der Waals surface area (Å²) in [6.45, 7) is 6.06. The number of aryl methyl sites for hydroxylation is 1. The molecule has 2 aliphatic rings. The van der Waals surface area contributed by atoms with Gasteiger partial charge in [-0.3, -0.25) is 9.69 Å². The number of piperidine rings is 1. The predicted octanol–water partition coefficient (Wildman–Crippen LogP) is 6.15. The fraction of sp³-hybridized carbons (Fsp3) is 0.481. The molecule has 2 fully saturated rings. The second-order valence-electron chi connectivity index (χ2n) is 10.2. The molecule has 1 aliphatic carbocycles. The van der Waals surface area contributed by atoms with Crippen LogP contribution in [0.15, 0.2) is 30.3 Å². The van der Waals surface area contributed by atoms with Crippen molar-refractivity contribution in [2.24, 2.45) is 5.92 Å². The molecule has 8 nitrogen and oxygen atoms in total. The van der Waals surface area contributed by atoms with Crippen LogP contribution in [0.3, 0.4) is 0 Å². The summed E-state index contributed by atoms with van der Waals surface area (Å²) in [7, 11) is -3.75. The van der Waals surface area contributed by atoms with Gasteiger partial charge in [0.2, 0.25) is 10.0 Å². The lowest BCUT2D eigenvalue weighted by Gasteiger charge is -2.36. The van der Waals surface area contributed by atoms with E-state index in [9.17, 15) is 30.8 Å². The van der Waals surface area contributed by atoms with E-state index in [4.69, 9.17) is 37.8 Å². The molecule has 2 aromatic rings. The van der Waals surface area contributed by atoms with E-state index in [-0.39, 0.29) is 11.6 Å². The van der Waals surface area contributed by atoms with Crippen LogP contribution in [0.5, 0.6) is 5.75 Å². The van der Waals surface area contributed by atoms with Crippen LogP contribution in [-0.4, -0.2) is 61.4 Å². The monoisotopic (exact) mass is 656 g/mol. The van der Waals surface area contributed by atoms with E-state index in [1.54, 1.807) is 13.0 Å². The van der Waals surface area contributed by atoms with Gasteiger partial charge in [0, 0.05) is 22.2 Å². The average Bonchev–Trinajstić information content (AvgIpc) is 3.74. The molecular weight excluding hydrogens is 627 g/mol. The number of carboxylic acid groups (broad SMARTS) is 1. The van der Waals surface area contributed by atoms with Crippen LogP contribution in [0.4, 0.5) is 17.6 Å². The number of rotatable bonds is 8. The van der Waals surface area contributed by atoms with Crippen LogP contribution in [0, 0.1) is 18.7 Å². The first-order chi connectivity index (χ1) is 19.5. The summed E-state index contributed by atoms with van der Waals surface area (Å²) in [5.74, 6) is -3.85. The Morgan fingerprint density at radius 3 is 2.12 bits per heavy atom. The zero-order valence-electron chi connectivity index (χ0n) is 22.7. The van der Waals surface area contributed by atoms with Gasteiger partial charge in [0.15, 0.2) is 0 Å². The summed E-state index contributed by atoms with van der Waals surface area (Å²) in [6, 6.07) is 8.29. The lowest BCUT2D eigenvalue weighted by molar-refractivity contribution is -0.192. The molecule has 15 heteroatoms. The number of halogens is 6. The molecule has 1 amide bonds. The normalized spacial score (nSPS) is 17.1. The van der Waals surface area contributed by atoms with Gasteiger partial charge in [-0.1, -0.05) is 23.2 Å². The van der Waals surface area contributed by atoms with Crippen molar-refractivity contribution in [1.82, 2.24) is 9.62 Å². The van der Waals surface area contributed by atoms with Crippen LogP contribution < -0.4 is 9.46 Å². The van der Waals surface area contributed by atoms with Crippen LogP contribution >= 0.6 is 23.2 Å². The molecule has 0 unspecified atom stereocenters. The quantitative estimate of drug-likeness (QED) is 0.328. The predicted molar refractivity (Wildman–Crippen MR) is 149 cm³/mol. The summed E-state index contributed by atoms with van der Waals surface area (Å²) in [5.41, 5.74) is 1.35. The first-order valence-corrected chi connectivity index (χ1v) is 15.3. The van der Waals surface area contributed by atoms with Gasteiger partial charge >= 0.3 is 12.1 Å². The first-order valence-electron chi connectivity index (χ1n) is 13.0. The highest BCUT2D eigenvalue weighted by Gasteiger charge is 2.38. The number of ether oxygens (including phenoxy) is 1. The van der Waals surface area contributed by atoms with Gasteiger partial charge in [-0.2, -0.15) is 13.2 Å². The molecule has 0 radical (unpaired) electrons. The Morgan fingerprint density at radius 1 is 1.07 bits per heavy atom. The maximum absolute atomic E-state index is 14.6. The number of hydrogen-bond acceptors (Lipinski definition) is 6. The summed E-state index contributed by atoms with van der Waals surface area (Å²) in [5, 5.41) is 7.81. The van der Waals surface area contributed by atoms with Crippen LogP contribution in [-0.2, 0) is 14.8 Å². The SMILES string of the molecule is Cc1cc(C(=O)NS(=O)(=O)C2CC2)c(F)cc1OCC1CCN([C@@H](C)c2cc(Cl)cc(Cl)c2)CC1.O=C(O)C(F)(F)F. The van der Waals surface area contributed by atoms with Crippen molar-refractivity contribution in [2.45, 2.75) is 57.0 Å². The highest BCUT2D eigenvalue weighted by Crippen LogP contribution is 2.32. The molecule has 2 aromatic carbocycles. The fourth-order valence-corrected chi connectivity index (χ4v) is 6.21. The van der Waals surface area contributed by atoms with Crippen molar-refractivity contribution in [3.63, 3.8) is 0 Å². The number of likely N-dealkylation sites (tertiary alicyclic amines) is 1. The van der Waals surface area contributed by atoms with E-state index < -0.39 is 39.1 Å². The molecule has 1 atom stereocenters. The molecule has 1 saturated heterocycles. The minimum atomic E-state index is -5.08. The highest BCUT2D eigenvalue weighted by atomic mass is 35.5. The summed E-state index contributed by atoms with van der Waals surface area (Å²) in [6.07, 6.45) is -2.19. The van der Waals surface area contributed by atoms with Crippen molar-refractivity contribution in [1.29, 1.82) is 0 Å². The lowest BCUT2D eigenvalue weighted by atomic mass is 9.95. The van der Waals surface area contributed by atoms with E-state index in [2.05, 4.69) is 11.8 Å². The molecule has 42 heavy (non-hydrogen) atoms. The molecule has 1 aliphatic heterocycles. The van der Waals surface area contributed by atoms with Crippen LogP contribution in [0.25, 0.3) is 0 Å². The van der Waals surface area contributed by atoms with Crippen LogP contribution in [0.2, 0.25) is 10.0 Å². The molecule has 0 spiro atoms. The van der Waals surface area contributed by atoms with Crippen molar-refractivity contribution in [2.75, 3.05) is 19.7 Å². The van der Waals surface area contributed by atoms with Gasteiger partial charge in [-0.25, -0.2) is 22.3 Å². The molecule has 0 aromatic heterocycles. The smallest absolute Gasteiger partial charge is 0.490 e. The highest BCUT2D eigenvalue weighted by molar-refractivity contribution is 7.91. The lowest BCUT2D eigenvalue weighted by Crippen LogP contribution is -2.37. The van der Waals surface area contributed by atoms with E-state index in [0.717, 1.165) is 37.6 Å². The number of sulfonamides is 1. The topological polar surface area (TPSA) is 113 Å². The minimum Gasteiger partial charge on any atom is -0.493 e. The Balaban J connectivity index is 0.000000616. The Kier molecular flexibility index (Phi) is 11.1. The molecule has 1 heterocycles. The Morgan fingerprint density at radius 2 is 1.62 bits per heavy atom. The molecule has 4 rings (SSSR count). The fourth-order valence-electron chi connectivity index (χ4n) is 4.38. The Hall–Kier alpha value is -2.61. The molecule has 0 bridgehead atoms. The largest absolute Gasteiger partial charge is 0.493 e. The molecular formula is C27H30Cl2F4N2O6S. The van der Waals surface area contributed by atoms with E-state index in [0.29, 0.717) is 46.7 Å². The number of nitrogens with zero attached hydrogens (tertiary/aromatic N) is 1. The number of aliphatic carboxylic acids is 1. The van der Waals surface area contributed by atoms with E-state index in [1.165, 1.54) is 6.07 Å². The number of amides is 1. The average molecular weight is 658 g/mol. The van der Waals surface area contributed by atoms with E-state index >= 15 is 0 Å². The first kappa shape index (κ1) is 33.9. The zero-order chi connectivity index (χ0) is 31.4. The van der Waals surface area contributed by atoms with Gasteiger partial charge < -0.3 is 9.84 Å². The van der Waals surface area contributed by atoms with Crippen LogP contribution in [0.1, 0.15) is 60.1 Å². The minimum absolute atomic E-state index is 0.187. The van der Waals surface area contributed by atoms with Crippen molar-refractivity contribution >= 4 is 45.1 Å². The maximum atomic E-state index is 14.6.